The van der Waals surface area contributed by atoms with Crippen LogP contribution in [0.25, 0.3) is 11.2 Å². The van der Waals surface area contributed by atoms with Crippen LogP contribution in [0.15, 0.2) is 28.0 Å². The van der Waals surface area contributed by atoms with E-state index in [1.54, 1.807) is 12.1 Å². The molecule has 0 unspecified atom stereocenters. The number of anilines is 2. The Bertz CT molecular complexity index is 1200. The molecule has 1 aliphatic heterocycles. The van der Waals surface area contributed by atoms with Crippen molar-refractivity contribution in [1.82, 2.24) is 18.7 Å². The molecule has 27 heavy (non-hydrogen) atoms. The number of carbonyl (C=O) groups is 1. The van der Waals surface area contributed by atoms with Crippen LogP contribution >= 0.6 is 0 Å². The van der Waals surface area contributed by atoms with Gasteiger partial charge in [0.05, 0.1) is 17.7 Å². The van der Waals surface area contributed by atoms with E-state index in [4.69, 9.17) is 15.2 Å². The number of rotatable bonds is 3. The predicted molar refractivity (Wildman–Crippen MR) is 95.8 cm³/mol. The first-order valence-corrected chi connectivity index (χ1v) is 7.96. The molecule has 3 heterocycles. The van der Waals surface area contributed by atoms with E-state index >= 15 is 0 Å². The zero-order valence-electron chi connectivity index (χ0n) is 14.6. The summed E-state index contributed by atoms with van der Waals surface area (Å²) >= 11 is 0. The van der Waals surface area contributed by atoms with Gasteiger partial charge in [0.25, 0.3) is 5.56 Å². The molecule has 1 amide bonds. The summed E-state index contributed by atoms with van der Waals surface area (Å²) in [6.45, 7) is -0.0902. The molecule has 0 aliphatic carbocycles. The highest BCUT2D eigenvalue weighted by Crippen LogP contribution is 2.38. The van der Waals surface area contributed by atoms with Gasteiger partial charge in [0.2, 0.25) is 12.7 Å². The second-order valence-corrected chi connectivity index (χ2v) is 6.09. The van der Waals surface area contributed by atoms with Crippen molar-refractivity contribution in [1.29, 1.82) is 0 Å². The number of nitrogens with one attached hydrogen (secondary N) is 1. The highest BCUT2D eigenvalue weighted by molar-refractivity contribution is 5.95. The van der Waals surface area contributed by atoms with Crippen molar-refractivity contribution in [3.8, 4) is 11.5 Å². The van der Waals surface area contributed by atoms with E-state index in [2.05, 4.69) is 10.3 Å². The molecular weight excluding hydrogens is 356 g/mol. The van der Waals surface area contributed by atoms with Crippen LogP contribution in [0.4, 0.5) is 11.4 Å². The van der Waals surface area contributed by atoms with E-state index in [-0.39, 0.29) is 24.5 Å². The second-order valence-electron chi connectivity index (χ2n) is 6.09. The third-order valence-electron chi connectivity index (χ3n) is 4.35. The first-order chi connectivity index (χ1) is 12.9. The van der Waals surface area contributed by atoms with Crippen molar-refractivity contribution in [3.05, 3.63) is 39.3 Å². The molecular formula is C16H16N6O5. The van der Waals surface area contributed by atoms with Crippen LogP contribution < -0.4 is 31.8 Å². The third-order valence-corrected chi connectivity index (χ3v) is 4.35. The summed E-state index contributed by atoms with van der Waals surface area (Å²) < 4.78 is 14.1. The molecule has 3 N–H and O–H groups in total. The van der Waals surface area contributed by atoms with Crippen LogP contribution in [-0.2, 0) is 25.4 Å². The standard InChI is InChI=1S/C16H16N6O5/c1-20-14-13(15(24)21(2)16(20)25)22(6-18-14)5-12(23)19-9-4-11-10(3-8(9)17)26-7-27-11/h3-4,6H,5,7,17H2,1-2H3,(H,19,23). The number of nitrogens with two attached hydrogens (primary N) is 1. The molecule has 1 aliphatic rings. The van der Waals surface area contributed by atoms with Gasteiger partial charge in [-0.05, 0) is 0 Å². The molecule has 0 radical (unpaired) electrons. The van der Waals surface area contributed by atoms with Gasteiger partial charge in [0.1, 0.15) is 6.54 Å². The number of nitrogen functional groups attached to an aromatic ring is 1. The molecule has 2 aromatic heterocycles. The highest BCUT2D eigenvalue weighted by Gasteiger charge is 2.19. The van der Waals surface area contributed by atoms with E-state index in [1.807, 2.05) is 0 Å². The van der Waals surface area contributed by atoms with Crippen molar-refractivity contribution in [2.45, 2.75) is 6.54 Å². The molecule has 0 saturated carbocycles. The number of carbonyl (C=O) groups excluding carboxylic acids is 1. The van der Waals surface area contributed by atoms with Crippen molar-refractivity contribution < 1.29 is 14.3 Å². The SMILES string of the molecule is Cn1c(=O)c2c(ncn2CC(=O)Nc2cc3c(cc2N)OCO3)n(C)c1=O. The lowest BCUT2D eigenvalue weighted by molar-refractivity contribution is -0.116. The summed E-state index contributed by atoms with van der Waals surface area (Å²) in [4.78, 5) is 40.9. The van der Waals surface area contributed by atoms with E-state index in [0.717, 1.165) is 4.57 Å². The van der Waals surface area contributed by atoms with Crippen molar-refractivity contribution in [3.63, 3.8) is 0 Å². The Morgan fingerprint density at radius 1 is 1.22 bits per heavy atom. The average molecular weight is 372 g/mol. The van der Waals surface area contributed by atoms with Crippen molar-refractivity contribution in [2.24, 2.45) is 14.1 Å². The van der Waals surface area contributed by atoms with Crippen LogP contribution in [0.5, 0.6) is 11.5 Å². The maximum absolute atomic E-state index is 12.5. The van der Waals surface area contributed by atoms with Crippen molar-refractivity contribution >= 4 is 28.4 Å². The number of nitrogens with zero attached hydrogens (tertiary/aromatic N) is 4. The minimum atomic E-state index is -0.527. The molecule has 0 bridgehead atoms. The summed E-state index contributed by atoms with van der Waals surface area (Å²) in [5.74, 6) is 0.572. The van der Waals surface area contributed by atoms with Crippen LogP contribution in [0.2, 0.25) is 0 Å². The quantitative estimate of drug-likeness (QED) is 0.585. The first kappa shape index (κ1) is 16.7. The fraction of sp³-hybridized carbons (Fsp3) is 0.250. The van der Waals surface area contributed by atoms with E-state index < -0.39 is 17.2 Å². The average Bonchev–Trinajstić information content (AvgIpc) is 3.25. The van der Waals surface area contributed by atoms with E-state index in [0.29, 0.717) is 22.9 Å². The fourth-order valence-electron chi connectivity index (χ4n) is 2.93. The van der Waals surface area contributed by atoms with E-state index in [9.17, 15) is 14.4 Å². The van der Waals surface area contributed by atoms with Crippen LogP contribution in [-0.4, -0.2) is 31.4 Å². The highest BCUT2D eigenvalue weighted by atomic mass is 16.7. The Morgan fingerprint density at radius 3 is 2.67 bits per heavy atom. The van der Waals surface area contributed by atoms with Gasteiger partial charge >= 0.3 is 5.69 Å². The number of aryl methyl sites for hydroxylation is 1. The zero-order valence-corrected chi connectivity index (χ0v) is 14.6. The summed E-state index contributed by atoms with van der Waals surface area (Å²) in [6.07, 6.45) is 1.34. The van der Waals surface area contributed by atoms with Gasteiger partial charge in [-0.25, -0.2) is 9.78 Å². The number of imidazole rings is 1. The summed E-state index contributed by atoms with van der Waals surface area (Å²) in [5.41, 5.74) is 5.97. The van der Waals surface area contributed by atoms with Gasteiger partial charge in [0, 0.05) is 26.2 Å². The Labute approximate surface area is 151 Å². The number of amides is 1. The smallest absolute Gasteiger partial charge is 0.332 e. The van der Waals surface area contributed by atoms with Crippen molar-refractivity contribution in [2.75, 3.05) is 17.8 Å². The topological polar surface area (TPSA) is 135 Å². The molecule has 3 aromatic rings. The zero-order chi connectivity index (χ0) is 19.3. The first-order valence-electron chi connectivity index (χ1n) is 7.96. The van der Waals surface area contributed by atoms with Gasteiger partial charge in [0.15, 0.2) is 22.7 Å². The number of fused-ring (bicyclic) bond motifs is 2. The molecule has 140 valence electrons. The lowest BCUT2D eigenvalue weighted by Crippen LogP contribution is -2.37. The van der Waals surface area contributed by atoms with Crippen LogP contribution in [0.3, 0.4) is 0 Å². The van der Waals surface area contributed by atoms with Gasteiger partial charge in [-0.3, -0.25) is 18.7 Å². The second kappa shape index (κ2) is 5.90. The lowest BCUT2D eigenvalue weighted by atomic mass is 10.2. The van der Waals surface area contributed by atoms with Gasteiger partial charge in [-0.15, -0.1) is 0 Å². The normalized spacial score (nSPS) is 12.5. The summed E-state index contributed by atoms with van der Waals surface area (Å²) in [5, 5.41) is 2.68. The van der Waals surface area contributed by atoms with Gasteiger partial charge < -0.3 is 25.1 Å². The maximum atomic E-state index is 12.5. The molecule has 11 nitrogen and oxygen atoms in total. The Hall–Kier alpha value is -3.76. The molecule has 0 spiro atoms. The molecule has 11 heteroatoms. The molecule has 0 atom stereocenters. The summed E-state index contributed by atoms with van der Waals surface area (Å²) in [6, 6.07) is 3.14. The largest absolute Gasteiger partial charge is 0.454 e. The van der Waals surface area contributed by atoms with Gasteiger partial charge in [-0.1, -0.05) is 0 Å². The van der Waals surface area contributed by atoms with Gasteiger partial charge in [-0.2, -0.15) is 0 Å². The van der Waals surface area contributed by atoms with Crippen LogP contribution in [0.1, 0.15) is 0 Å². The van der Waals surface area contributed by atoms with E-state index in [1.165, 1.54) is 29.6 Å². The molecule has 0 saturated heterocycles. The Kier molecular flexibility index (Phi) is 3.65. The minimum Gasteiger partial charge on any atom is -0.454 e. The third kappa shape index (κ3) is 2.60. The maximum Gasteiger partial charge on any atom is 0.332 e. The number of benzene rings is 1. The number of hydrogen-bond acceptors (Lipinski definition) is 7. The number of hydrogen-bond donors (Lipinski definition) is 2. The Morgan fingerprint density at radius 2 is 1.93 bits per heavy atom. The Balaban J connectivity index is 1.65. The minimum absolute atomic E-state index is 0.0925. The molecule has 0 fully saturated rings. The number of aromatic nitrogens is 4. The fourth-order valence-corrected chi connectivity index (χ4v) is 2.93. The molecule has 4 rings (SSSR count). The predicted octanol–water partition coefficient (Wildman–Crippen LogP) is -0.617. The lowest BCUT2D eigenvalue weighted by Gasteiger charge is -2.10. The number of ether oxygens (including phenoxy) is 2. The summed E-state index contributed by atoms with van der Waals surface area (Å²) in [7, 11) is 2.88. The molecule has 1 aromatic carbocycles. The monoisotopic (exact) mass is 372 g/mol. The van der Waals surface area contributed by atoms with Crippen LogP contribution in [0, 0.1) is 0 Å².